The largest absolute Gasteiger partial charge is 0.507 e. The Balaban J connectivity index is 1.49. The number of ketones is 4. The van der Waals surface area contributed by atoms with E-state index >= 15 is 4.39 Å². The van der Waals surface area contributed by atoms with Crippen molar-refractivity contribution in [3.8, 4) is 5.75 Å². The molecule has 0 heterocycles. The molecule has 0 bridgehead atoms. The summed E-state index contributed by atoms with van der Waals surface area (Å²) in [5.41, 5.74) is 3.48. The van der Waals surface area contributed by atoms with E-state index in [0.29, 0.717) is 13.1 Å². The molecule has 2 saturated carbocycles. The fourth-order valence-corrected chi connectivity index (χ4v) is 7.34. The number of aliphatic hydroxyl groups is 1. The number of rotatable bonds is 8. The van der Waals surface area contributed by atoms with Gasteiger partial charge in [-0.1, -0.05) is 37.3 Å². The van der Waals surface area contributed by atoms with Crippen LogP contribution in [0.1, 0.15) is 40.4 Å². The predicted molar refractivity (Wildman–Crippen MR) is 152 cm³/mol. The molecule has 43 heavy (non-hydrogen) atoms. The second kappa shape index (κ2) is 11.4. The Hall–Kier alpha value is -3.80. The summed E-state index contributed by atoms with van der Waals surface area (Å²) >= 11 is 0. The number of benzene rings is 2. The van der Waals surface area contributed by atoms with E-state index in [9.17, 15) is 34.2 Å². The van der Waals surface area contributed by atoms with Crippen LogP contribution in [0, 0.1) is 29.5 Å². The quantitative estimate of drug-likeness (QED) is 0.381. The smallest absolute Gasteiger partial charge is 0.235 e. The van der Waals surface area contributed by atoms with E-state index in [1.54, 1.807) is 0 Å². The number of Topliss-reactive ketones (excluding diaryl/α,β-unsaturated/α-hetero) is 4. The summed E-state index contributed by atoms with van der Waals surface area (Å²) in [4.78, 5) is 69.7. The molecule has 0 saturated heterocycles. The third kappa shape index (κ3) is 4.89. The normalized spacial score (nSPS) is 28.6. The fourth-order valence-electron chi connectivity index (χ4n) is 7.34. The Morgan fingerprint density at radius 2 is 1.79 bits per heavy atom. The van der Waals surface area contributed by atoms with E-state index in [1.165, 1.54) is 25.1 Å². The Kier molecular flexibility index (Phi) is 8.10. The van der Waals surface area contributed by atoms with Gasteiger partial charge in [-0.15, -0.1) is 0 Å². The molecular formula is C32H36FN3O7. The molecule has 1 amide bonds. The van der Waals surface area contributed by atoms with Crippen molar-refractivity contribution in [2.24, 2.45) is 29.4 Å². The number of fused-ring (bicyclic) bond motifs is 3. The van der Waals surface area contributed by atoms with Gasteiger partial charge in [-0.05, 0) is 57.5 Å². The number of carbonyl (C=O) groups excluding carboxylic acids is 5. The van der Waals surface area contributed by atoms with Crippen LogP contribution in [-0.4, -0.2) is 87.9 Å². The highest BCUT2D eigenvalue weighted by molar-refractivity contribution is 6.32. The first-order chi connectivity index (χ1) is 20.3. The number of aromatic hydroxyl groups is 1. The number of phenolic OH excluding ortho intramolecular Hbond substituents is 1. The van der Waals surface area contributed by atoms with Gasteiger partial charge in [0.2, 0.25) is 5.91 Å². The van der Waals surface area contributed by atoms with Crippen LogP contribution in [0.5, 0.6) is 5.75 Å². The second-order valence-electron chi connectivity index (χ2n) is 12.1. The zero-order valence-electron chi connectivity index (χ0n) is 24.4. The van der Waals surface area contributed by atoms with Crippen LogP contribution in [0.3, 0.4) is 0 Å². The zero-order valence-corrected chi connectivity index (χ0v) is 24.4. The molecule has 2 aromatic rings. The van der Waals surface area contributed by atoms with E-state index in [4.69, 9.17) is 5.73 Å². The number of nitrogens with two attached hydrogens (primary N) is 1. The van der Waals surface area contributed by atoms with Crippen molar-refractivity contribution in [3.05, 3.63) is 64.5 Å². The molecule has 5 rings (SSSR count). The molecule has 10 nitrogen and oxygen atoms in total. The summed E-state index contributed by atoms with van der Waals surface area (Å²) in [7, 11) is 3.02. The van der Waals surface area contributed by atoms with Crippen LogP contribution in [-0.2, 0) is 38.6 Å². The maximum Gasteiger partial charge on any atom is 0.235 e. The van der Waals surface area contributed by atoms with Gasteiger partial charge in [-0.25, -0.2) is 4.39 Å². The molecule has 228 valence electrons. The first-order valence-electron chi connectivity index (χ1n) is 14.5. The topological polar surface area (TPSA) is 158 Å². The van der Waals surface area contributed by atoms with E-state index in [0.717, 1.165) is 12.0 Å². The number of carbonyl (C=O) groups is 5. The van der Waals surface area contributed by atoms with Crippen LogP contribution >= 0.6 is 0 Å². The molecule has 0 aliphatic heterocycles. The SMILES string of the molecule is CCN(CCc1ccccc1)Cc1cc(O)c2c(c1F)C[C@H]1C[C@H]3[C@H](N(C)C)C(=O)C(C(N)=O)C(=O)[C@@]3(O)C(=O)C1C2=O. The van der Waals surface area contributed by atoms with Gasteiger partial charge in [0.15, 0.2) is 34.7 Å². The van der Waals surface area contributed by atoms with Gasteiger partial charge >= 0.3 is 0 Å². The number of hydrogen-bond donors (Lipinski definition) is 3. The van der Waals surface area contributed by atoms with E-state index in [1.807, 2.05) is 42.2 Å². The lowest BCUT2D eigenvalue weighted by Crippen LogP contribution is -2.74. The molecule has 2 aromatic carbocycles. The lowest BCUT2D eigenvalue weighted by atomic mass is 9.52. The van der Waals surface area contributed by atoms with Crippen LogP contribution in [0.2, 0.25) is 0 Å². The molecule has 11 heteroatoms. The van der Waals surface area contributed by atoms with Crippen LogP contribution in [0.25, 0.3) is 0 Å². The highest BCUT2D eigenvalue weighted by atomic mass is 19.1. The summed E-state index contributed by atoms with van der Waals surface area (Å²) in [6.45, 7) is 3.37. The number of hydrogen-bond acceptors (Lipinski definition) is 9. The molecule has 0 radical (unpaired) electrons. The molecule has 3 aliphatic rings. The number of likely N-dealkylation sites (N-methyl/N-ethyl adjacent to an activating group) is 2. The molecule has 6 atom stereocenters. The second-order valence-corrected chi connectivity index (χ2v) is 12.1. The van der Waals surface area contributed by atoms with Crippen molar-refractivity contribution >= 4 is 29.0 Å². The standard InChI is InChI=1S/C32H36FN3O7/c1-4-36(11-10-16-8-6-5-7-9-16)15-18-14-21(37)23-19(25(18)33)12-17-13-20-26(35(2)3)28(39)24(31(34)42)30(41)32(20,43)29(40)22(17)27(23)38/h5-9,14,17,20,22,24,26,37,43H,4,10-13,15H2,1-3H3,(H2,34,42)/t17-,20-,22?,24?,26-,32-/m0/s1. The van der Waals surface area contributed by atoms with Crippen LogP contribution in [0.15, 0.2) is 36.4 Å². The van der Waals surface area contributed by atoms with Crippen molar-refractivity contribution in [1.29, 1.82) is 0 Å². The molecule has 0 spiro atoms. The van der Waals surface area contributed by atoms with Gasteiger partial charge in [-0.2, -0.15) is 0 Å². The minimum absolute atomic E-state index is 0.0246. The maximum absolute atomic E-state index is 16.1. The first kappa shape index (κ1) is 30.7. The molecule has 2 unspecified atom stereocenters. The lowest BCUT2D eigenvalue weighted by Gasteiger charge is -2.52. The van der Waals surface area contributed by atoms with Crippen LogP contribution in [0.4, 0.5) is 4.39 Å². The molecule has 0 aromatic heterocycles. The van der Waals surface area contributed by atoms with Gasteiger partial charge in [-0.3, -0.25) is 33.8 Å². The number of phenols is 1. The van der Waals surface area contributed by atoms with E-state index in [-0.39, 0.29) is 36.1 Å². The number of nitrogens with zero attached hydrogens (tertiary/aromatic N) is 2. The van der Waals surface area contributed by atoms with Gasteiger partial charge in [0.05, 0.1) is 17.5 Å². The van der Waals surface area contributed by atoms with Gasteiger partial charge in [0, 0.05) is 30.1 Å². The van der Waals surface area contributed by atoms with Crippen molar-refractivity contribution < 1.29 is 38.6 Å². The monoisotopic (exact) mass is 593 g/mol. The Morgan fingerprint density at radius 3 is 2.40 bits per heavy atom. The first-order valence-corrected chi connectivity index (χ1v) is 14.5. The van der Waals surface area contributed by atoms with Crippen molar-refractivity contribution in [1.82, 2.24) is 9.80 Å². The highest BCUT2D eigenvalue weighted by Gasteiger charge is 2.69. The minimum Gasteiger partial charge on any atom is -0.507 e. The number of halogens is 1. The summed E-state index contributed by atoms with van der Waals surface area (Å²) in [5, 5.41) is 22.6. The van der Waals surface area contributed by atoms with Gasteiger partial charge in [0.25, 0.3) is 0 Å². The van der Waals surface area contributed by atoms with Gasteiger partial charge < -0.3 is 15.9 Å². The summed E-state index contributed by atoms with van der Waals surface area (Å²) in [5.74, 6) is -12.4. The predicted octanol–water partition coefficient (Wildman–Crippen LogP) is 1.07. The average Bonchev–Trinajstić information content (AvgIpc) is 2.95. The third-order valence-electron chi connectivity index (χ3n) is 9.47. The Bertz CT molecular complexity index is 1510. The Labute approximate surface area is 248 Å². The lowest BCUT2D eigenvalue weighted by molar-refractivity contribution is -0.181. The minimum atomic E-state index is -2.81. The molecule has 3 aliphatic carbocycles. The third-order valence-corrected chi connectivity index (χ3v) is 9.47. The van der Waals surface area contributed by atoms with Crippen molar-refractivity contribution in [3.63, 3.8) is 0 Å². The summed E-state index contributed by atoms with van der Waals surface area (Å²) in [6, 6.07) is 9.83. The zero-order chi connectivity index (χ0) is 31.4. The van der Waals surface area contributed by atoms with Gasteiger partial charge in [0.1, 0.15) is 11.6 Å². The summed E-state index contributed by atoms with van der Waals surface area (Å²) in [6.07, 6.45) is 0.491. The van der Waals surface area contributed by atoms with Crippen LogP contribution < -0.4 is 5.73 Å². The highest BCUT2D eigenvalue weighted by Crippen LogP contribution is 2.51. The average molecular weight is 594 g/mol. The van der Waals surface area contributed by atoms with Crippen molar-refractivity contribution in [2.45, 2.75) is 44.4 Å². The summed E-state index contributed by atoms with van der Waals surface area (Å²) < 4.78 is 16.1. The Morgan fingerprint density at radius 1 is 1.12 bits per heavy atom. The molecule has 4 N–H and O–H groups in total. The molecule has 2 fully saturated rings. The van der Waals surface area contributed by atoms with E-state index in [2.05, 4.69) is 0 Å². The van der Waals surface area contributed by atoms with E-state index < -0.39 is 75.9 Å². The fraction of sp³-hybridized carbons (Fsp3) is 0.469. The number of primary amides is 1. The number of amides is 1. The van der Waals surface area contributed by atoms with Crippen molar-refractivity contribution in [2.75, 3.05) is 27.2 Å². The molecular weight excluding hydrogens is 557 g/mol. The maximum atomic E-state index is 16.1.